The largest absolute Gasteiger partial charge is 0.454 e. The third-order valence-corrected chi connectivity index (χ3v) is 3.98. The van der Waals surface area contributed by atoms with E-state index in [1.165, 1.54) is 0 Å². The maximum atomic E-state index is 12.2. The average molecular weight is 313 g/mol. The Morgan fingerprint density at radius 2 is 2.17 bits per heavy atom. The summed E-state index contributed by atoms with van der Waals surface area (Å²) in [6, 6.07) is 7.40. The third kappa shape index (κ3) is 2.85. The number of carbonyl (C=O) groups is 2. The summed E-state index contributed by atoms with van der Waals surface area (Å²) in [4.78, 5) is 25.7. The van der Waals surface area contributed by atoms with Crippen molar-refractivity contribution in [3.63, 3.8) is 0 Å². The van der Waals surface area contributed by atoms with E-state index in [-0.39, 0.29) is 18.4 Å². The first-order valence-electron chi connectivity index (χ1n) is 7.44. The predicted molar refractivity (Wildman–Crippen MR) is 84.7 cm³/mol. The van der Waals surface area contributed by atoms with Crippen molar-refractivity contribution >= 4 is 11.8 Å². The molecule has 2 amide bonds. The summed E-state index contributed by atoms with van der Waals surface area (Å²) < 4.78 is 5.43. The number of fused-ring (bicyclic) bond motifs is 1. The van der Waals surface area contributed by atoms with E-state index in [4.69, 9.17) is 10.2 Å². The van der Waals surface area contributed by atoms with Crippen LogP contribution in [0.15, 0.2) is 28.7 Å². The maximum absolute atomic E-state index is 12.2. The van der Waals surface area contributed by atoms with Crippen molar-refractivity contribution in [2.24, 2.45) is 5.73 Å². The number of nitrogens with one attached hydrogen (secondary N) is 1. The minimum Gasteiger partial charge on any atom is -0.454 e. The number of rotatable bonds is 4. The molecule has 6 nitrogen and oxygen atoms in total. The van der Waals surface area contributed by atoms with Gasteiger partial charge in [-0.15, -0.1) is 0 Å². The molecular weight excluding hydrogens is 294 g/mol. The molecule has 3 N–H and O–H groups in total. The maximum Gasteiger partial charge on any atom is 0.287 e. The van der Waals surface area contributed by atoms with Crippen LogP contribution in [0.3, 0.4) is 0 Å². The highest BCUT2D eigenvalue weighted by molar-refractivity contribution is 5.98. The molecule has 0 radical (unpaired) electrons. The first-order valence-corrected chi connectivity index (χ1v) is 7.44. The zero-order valence-corrected chi connectivity index (χ0v) is 13.2. The van der Waals surface area contributed by atoms with Crippen LogP contribution in [0.2, 0.25) is 0 Å². The highest BCUT2D eigenvalue weighted by Gasteiger charge is 2.24. The lowest BCUT2D eigenvalue weighted by atomic mass is 10.1. The van der Waals surface area contributed by atoms with Crippen molar-refractivity contribution < 1.29 is 14.0 Å². The van der Waals surface area contributed by atoms with Crippen molar-refractivity contribution in [3.05, 3.63) is 58.0 Å². The third-order valence-electron chi connectivity index (χ3n) is 3.98. The minimum atomic E-state index is -0.268. The molecule has 23 heavy (non-hydrogen) atoms. The molecular formula is C17H19N3O3. The first kappa shape index (κ1) is 15.3. The SMILES string of the molecule is Cc1cc(CN)oc1C(=O)NCc1ccc2c(c1)CN(C)C2=O. The quantitative estimate of drug-likeness (QED) is 0.896. The number of hydrogen-bond donors (Lipinski definition) is 2. The topological polar surface area (TPSA) is 88.6 Å². The molecule has 3 rings (SSSR count). The summed E-state index contributed by atoms with van der Waals surface area (Å²) in [5, 5.41) is 2.84. The van der Waals surface area contributed by atoms with Crippen LogP contribution in [0, 0.1) is 6.92 Å². The van der Waals surface area contributed by atoms with Crippen molar-refractivity contribution in [2.75, 3.05) is 7.05 Å². The predicted octanol–water partition coefficient (Wildman–Crippen LogP) is 1.56. The van der Waals surface area contributed by atoms with E-state index in [1.807, 2.05) is 25.1 Å². The molecule has 2 heterocycles. The second-order valence-electron chi connectivity index (χ2n) is 5.76. The molecule has 1 aliphatic heterocycles. The van der Waals surface area contributed by atoms with Gasteiger partial charge in [0.05, 0.1) is 6.54 Å². The Kier molecular flexibility index (Phi) is 3.92. The second kappa shape index (κ2) is 5.89. The van der Waals surface area contributed by atoms with Crippen molar-refractivity contribution in [1.82, 2.24) is 10.2 Å². The molecule has 2 aromatic rings. The Hall–Kier alpha value is -2.60. The van der Waals surface area contributed by atoms with Gasteiger partial charge in [0.1, 0.15) is 5.76 Å². The molecule has 0 atom stereocenters. The molecule has 1 aliphatic rings. The Labute approximate surface area is 134 Å². The molecule has 0 unspecified atom stereocenters. The Morgan fingerprint density at radius 1 is 1.39 bits per heavy atom. The molecule has 0 fully saturated rings. The Balaban J connectivity index is 1.69. The van der Waals surface area contributed by atoms with Gasteiger partial charge in [-0.3, -0.25) is 9.59 Å². The fourth-order valence-corrected chi connectivity index (χ4v) is 2.77. The van der Waals surface area contributed by atoms with Crippen LogP contribution in [0.5, 0.6) is 0 Å². The van der Waals surface area contributed by atoms with Gasteiger partial charge < -0.3 is 20.4 Å². The molecule has 0 saturated carbocycles. The van der Waals surface area contributed by atoms with Gasteiger partial charge in [-0.1, -0.05) is 12.1 Å². The van der Waals surface area contributed by atoms with Gasteiger partial charge in [-0.25, -0.2) is 0 Å². The van der Waals surface area contributed by atoms with Gasteiger partial charge in [0.25, 0.3) is 11.8 Å². The van der Waals surface area contributed by atoms with Gasteiger partial charge in [0.2, 0.25) is 0 Å². The zero-order chi connectivity index (χ0) is 16.6. The summed E-state index contributed by atoms with van der Waals surface area (Å²) >= 11 is 0. The van der Waals surface area contributed by atoms with Crippen LogP contribution < -0.4 is 11.1 Å². The fourth-order valence-electron chi connectivity index (χ4n) is 2.77. The molecule has 1 aromatic heterocycles. The number of nitrogens with zero attached hydrogens (tertiary/aromatic N) is 1. The van der Waals surface area contributed by atoms with Crippen LogP contribution in [0.1, 0.15) is 43.4 Å². The van der Waals surface area contributed by atoms with E-state index in [0.717, 1.165) is 22.3 Å². The zero-order valence-electron chi connectivity index (χ0n) is 13.2. The minimum absolute atomic E-state index is 0.0381. The number of nitrogens with two attached hydrogens (primary N) is 1. The number of benzene rings is 1. The lowest BCUT2D eigenvalue weighted by Crippen LogP contribution is -2.23. The standard InChI is InChI=1S/C17H19N3O3/c1-10-5-13(7-18)23-15(10)16(21)19-8-11-3-4-14-12(6-11)9-20(2)17(14)22/h3-6H,7-9,18H2,1-2H3,(H,19,21). The summed E-state index contributed by atoms with van der Waals surface area (Å²) in [5.41, 5.74) is 8.95. The number of hydrogen-bond acceptors (Lipinski definition) is 4. The second-order valence-corrected chi connectivity index (χ2v) is 5.76. The van der Waals surface area contributed by atoms with E-state index in [1.54, 1.807) is 18.0 Å². The van der Waals surface area contributed by atoms with E-state index in [0.29, 0.717) is 24.6 Å². The van der Waals surface area contributed by atoms with E-state index < -0.39 is 0 Å². The summed E-state index contributed by atoms with van der Waals surface area (Å²) in [6.07, 6.45) is 0. The number of aryl methyl sites for hydroxylation is 1. The van der Waals surface area contributed by atoms with Crippen molar-refractivity contribution in [3.8, 4) is 0 Å². The van der Waals surface area contributed by atoms with Gasteiger partial charge in [0.15, 0.2) is 5.76 Å². The van der Waals surface area contributed by atoms with Gasteiger partial charge in [-0.2, -0.15) is 0 Å². The number of carbonyl (C=O) groups excluding carboxylic acids is 2. The molecule has 0 bridgehead atoms. The number of amides is 2. The molecule has 120 valence electrons. The van der Waals surface area contributed by atoms with Crippen molar-refractivity contribution in [2.45, 2.75) is 26.6 Å². The van der Waals surface area contributed by atoms with Crippen LogP contribution in [-0.4, -0.2) is 23.8 Å². The fraction of sp³-hybridized carbons (Fsp3) is 0.294. The van der Waals surface area contributed by atoms with Gasteiger partial charge in [-0.05, 0) is 30.2 Å². The highest BCUT2D eigenvalue weighted by atomic mass is 16.4. The monoisotopic (exact) mass is 313 g/mol. The summed E-state index contributed by atoms with van der Waals surface area (Å²) in [6.45, 7) is 3.06. The molecule has 0 spiro atoms. The molecule has 6 heteroatoms. The highest BCUT2D eigenvalue weighted by Crippen LogP contribution is 2.22. The van der Waals surface area contributed by atoms with Crippen LogP contribution >= 0.6 is 0 Å². The van der Waals surface area contributed by atoms with Crippen LogP contribution in [0.25, 0.3) is 0 Å². The lowest BCUT2D eigenvalue weighted by molar-refractivity contribution is 0.0816. The lowest BCUT2D eigenvalue weighted by Gasteiger charge is -2.06. The summed E-state index contributed by atoms with van der Waals surface area (Å²) in [7, 11) is 1.78. The van der Waals surface area contributed by atoms with Gasteiger partial charge >= 0.3 is 0 Å². The molecule has 0 aliphatic carbocycles. The van der Waals surface area contributed by atoms with Gasteiger partial charge in [0, 0.05) is 31.3 Å². The van der Waals surface area contributed by atoms with E-state index >= 15 is 0 Å². The first-order chi connectivity index (χ1) is 11.0. The Bertz CT molecular complexity index is 779. The number of furan rings is 1. The smallest absolute Gasteiger partial charge is 0.287 e. The van der Waals surface area contributed by atoms with E-state index in [2.05, 4.69) is 5.32 Å². The van der Waals surface area contributed by atoms with Crippen molar-refractivity contribution in [1.29, 1.82) is 0 Å². The normalized spacial score (nSPS) is 13.3. The molecule has 1 aromatic carbocycles. The van der Waals surface area contributed by atoms with Crippen LogP contribution in [-0.2, 0) is 19.6 Å². The van der Waals surface area contributed by atoms with E-state index in [9.17, 15) is 9.59 Å². The average Bonchev–Trinajstić information content (AvgIpc) is 3.05. The Morgan fingerprint density at radius 3 is 2.87 bits per heavy atom. The van der Waals surface area contributed by atoms with Crippen LogP contribution in [0.4, 0.5) is 0 Å². The summed E-state index contributed by atoms with van der Waals surface area (Å²) in [5.74, 6) is 0.653. The molecule has 0 saturated heterocycles.